The van der Waals surface area contributed by atoms with Crippen LogP contribution in [-0.2, 0) is 11.2 Å². The number of hydrogen-bond acceptors (Lipinski definition) is 4. The molecule has 2 aromatic carbocycles. The third kappa shape index (κ3) is 6.00. The van der Waals surface area contributed by atoms with Gasteiger partial charge in [-0.1, -0.05) is 24.3 Å². The van der Waals surface area contributed by atoms with E-state index in [9.17, 15) is 13.6 Å². The quantitative estimate of drug-likeness (QED) is 0.562. The zero-order valence-electron chi connectivity index (χ0n) is 14.9. The summed E-state index contributed by atoms with van der Waals surface area (Å²) in [6.45, 7) is 1.53. The zero-order valence-corrected chi connectivity index (χ0v) is 14.9. The molecular weight excluding hydrogens is 350 g/mol. The van der Waals surface area contributed by atoms with Crippen LogP contribution in [0.2, 0.25) is 0 Å². The van der Waals surface area contributed by atoms with Crippen LogP contribution in [0, 0.1) is 17.0 Å². The molecule has 0 spiro atoms. The predicted octanol–water partition coefficient (Wildman–Crippen LogP) is 2.71. The lowest BCUT2D eigenvalue weighted by Crippen LogP contribution is -2.35. The van der Waals surface area contributed by atoms with Crippen LogP contribution in [0.1, 0.15) is 24.5 Å². The van der Waals surface area contributed by atoms with Crippen LogP contribution >= 0.6 is 0 Å². The van der Waals surface area contributed by atoms with Gasteiger partial charge in [0, 0.05) is 23.7 Å². The molecule has 0 saturated heterocycles. The van der Waals surface area contributed by atoms with E-state index in [0.717, 1.165) is 5.56 Å². The number of benzene rings is 2. The van der Waals surface area contributed by atoms with Crippen LogP contribution in [0.25, 0.3) is 5.57 Å². The predicted molar refractivity (Wildman–Crippen MR) is 102 cm³/mol. The summed E-state index contributed by atoms with van der Waals surface area (Å²) in [4.78, 5) is 12.2. The maximum Gasteiger partial charge on any atom is 0.227 e. The van der Waals surface area contributed by atoms with E-state index in [4.69, 9.17) is 16.9 Å². The molecule has 0 aliphatic carbocycles. The number of carbonyl (C=O) groups is 1. The molecule has 2 aromatic rings. The second kappa shape index (κ2) is 9.05. The van der Waals surface area contributed by atoms with Gasteiger partial charge in [-0.2, -0.15) is 0 Å². The molecule has 0 aromatic heterocycles. The fourth-order valence-electron chi connectivity index (χ4n) is 2.69. The van der Waals surface area contributed by atoms with Crippen molar-refractivity contribution in [1.29, 1.82) is 5.41 Å². The first-order chi connectivity index (χ1) is 12.8. The Hall–Kier alpha value is -3.06. The van der Waals surface area contributed by atoms with Gasteiger partial charge in [0.15, 0.2) is 0 Å². The summed E-state index contributed by atoms with van der Waals surface area (Å²) in [6.07, 6.45) is 0.414. The van der Waals surface area contributed by atoms with Gasteiger partial charge in [0.2, 0.25) is 5.91 Å². The van der Waals surface area contributed by atoms with Crippen molar-refractivity contribution >= 4 is 17.2 Å². The second-order valence-electron chi connectivity index (χ2n) is 6.26. The summed E-state index contributed by atoms with van der Waals surface area (Å²) in [5, 5.41) is 10.4. The molecule has 1 atom stereocenters. The number of rotatable bonds is 7. The number of allylic oxidation sites excluding steroid dienone is 1. The number of amides is 1. The van der Waals surface area contributed by atoms with Crippen molar-refractivity contribution in [3.63, 3.8) is 0 Å². The van der Waals surface area contributed by atoms with Crippen molar-refractivity contribution in [2.24, 2.45) is 11.5 Å². The molecule has 0 saturated carbocycles. The first-order valence-corrected chi connectivity index (χ1v) is 8.37. The van der Waals surface area contributed by atoms with E-state index < -0.39 is 17.8 Å². The lowest BCUT2D eigenvalue weighted by Gasteiger charge is -2.15. The monoisotopic (exact) mass is 372 g/mol. The Balaban J connectivity index is 2.05. The Morgan fingerprint density at radius 1 is 1.07 bits per heavy atom. The van der Waals surface area contributed by atoms with E-state index in [1.54, 1.807) is 12.1 Å². The maximum atomic E-state index is 13.1. The van der Waals surface area contributed by atoms with E-state index in [1.807, 2.05) is 0 Å². The van der Waals surface area contributed by atoms with Crippen molar-refractivity contribution in [2.75, 3.05) is 0 Å². The number of carbonyl (C=O) groups excluding carboxylic acids is 1. The summed E-state index contributed by atoms with van der Waals surface area (Å²) in [5.41, 5.74) is 13.8. The van der Waals surface area contributed by atoms with Gasteiger partial charge in [-0.25, -0.2) is 8.78 Å². The molecular formula is C20H22F2N4O. The summed E-state index contributed by atoms with van der Waals surface area (Å²) in [6, 6.07) is 10.9. The summed E-state index contributed by atoms with van der Waals surface area (Å²) >= 11 is 0. The lowest BCUT2D eigenvalue weighted by atomic mass is 10.0. The van der Waals surface area contributed by atoms with E-state index in [-0.39, 0.29) is 23.8 Å². The van der Waals surface area contributed by atoms with Crippen molar-refractivity contribution in [2.45, 2.75) is 25.8 Å². The van der Waals surface area contributed by atoms with Gasteiger partial charge < -0.3 is 22.2 Å². The first kappa shape index (κ1) is 20.3. The molecule has 5 nitrogen and oxygen atoms in total. The number of hydrogen-bond donors (Lipinski definition) is 4. The van der Waals surface area contributed by atoms with Gasteiger partial charge in [0.1, 0.15) is 17.5 Å². The highest BCUT2D eigenvalue weighted by molar-refractivity contribution is 6.22. The van der Waals surface area contributed by atoms with E-state index in [2.05, 4.69) is 5.32 Å². The van der Waals surface area contributed by atoms with Gasteiger partial charge in [-0.05, 0) is 48.7 Å². The standard InChI is InChI=1S/C20H22F2N4O/c1-12(23)19(14-4-8-16(22)9-5-14)20(25)26-18(27)11-17(24)10-13-2-6-15(21)7-3-13/h2-9,17,23H,10-11,24-25H2,1H3,(H,26,27)/b20-19-,23-12?/t17-/m1/s1. The van der Waals surface area contributed by atoms with Gasteiger partial charge in [-0.15, -0.1) is 0 Å². The number of nitrogens with one attached hydrogen (secondary N) is 2. The molecule has 0 aliphatic rings. The molecule has 0 fully saturated rings. The van der Waals surface area contributed by atoms with Crippen molar-refractivity contribution in [1.82, 2.24) is 5.32 Å². The Kier molecular flexibility index (Phi) is 6.79. The van der Waals surface area contributed by atoms with Gasteiger partial charge >= 0.3 is 0 Å². The van der Waals surface area contributed by atoms with Crippen molar-refractivity contribution in [3.05, 3.63) is 77.1 Å². The summed E-state index contributed by atoms with van der Waals surface area (Å²) in [5.74, 6) is -1.13. The molecule has 0 unspecified atom stereocenters. The minimum absolute atomic E-state index is 0.00578. The molecule has 0 heterocycles. The fraction of sp³-hybridized carbons (Fsp3) is 0.200. The van der Waals surface area contributed by atoms with Gasteiger partial charge in [0.25, 0.3) is 0 Å². The van der Waals surface area contributed by atoms with E-state index >= 15 is 0 Å². The van der Waals surface area contributed by atoms with Crippen LogP contribution in [0.4, 0.5) is 8.78 Å². The number of nitrogens with two attached hydrogens (primary N) is 2. The largest absolute Gasteiger partial charge is 0.385 e. The molecule has 2 rings (SSSR count). The van der Waals surface area contributed by atoms with Crippen LogP contribution < -0.4 is 16.8 Å². The molecule has 0 radical (unpaired) electrons. The maximum absolute atomic E-state index is 13.1. The molecule has 27 heavy (non-hydrogen) atoms. The summed E-state index contributed by atoms with van der Waals surface area (Å²) < 4.78 is 26.0. The van der Waals surface area contributed by atoms with Crippen LogP contribution in [0.3, 0.4) is 0 Å². The zero-order chi connectivity index (χ0) is 20.0. The Morgan fingerprint density at radius 2 is 1.59 bits per heavy atom. The molecule has 1 amide bonds. The topological polar surface area (TPSA) is 105 Å². The van der Waals surface area contributed by atoms with Crippen LogP contribution in [-0.4, -0.2) is 17.7 Å². The smallest absolute Gasteiger partial charge is 0.227 e. The highest BCUT2D eigenvalue weighted by Crippen LogP contribution is 2.18. The average molecular weight is 372 g/mol. The highest BCUT2D eigenvalue weighted by atomic mass is 19.1. The van der Waals surface area contributed by atoms with Crippen molar-refractivity contribution in [3.8, 4) is 0 Å². The second-order valence-corrected chi connectivity index (χ2v) is 6.26. The normalized spacial score (nSPS) is 12.9. The van der Waals surface area contributed by atoms with E-state index in [0.29, 0.717) is 17.6 Å². The van der Waals surface area contributed by atoms with Gasteiger partial charge in [-0.3, -0.25) is 4.79 Å². The SMILES string of the molecule is CC(=N)/C(=C(\N)NC(=O)C[C@H](N)Cc1ccc(F)cc1)c1ccc(F)cc1. The molecule has 142 valence electrons. The third-order valence-corrected chi connectivity index (χ3v) is 3.91. The van der Waals surface area contributed by atoms with E-state index in [1.165, 1.54) is 43.3 Å². The summed E-state index contributed by atoms with van der Waals surface area (Å²) in [7, 11) is 0. The van der Waals surface area contributed by atoms with Gasteiger partial charge in [0.05, 0.1) is 0 Å². The lowest BCUT2D eigenvalue weighted by molar-refractivity contribution is -0.120. The Bertz CT molecular complexity index is 845. The Morgan fingerprint density at radius 3 is 2.11 bits per heavy atom. The molecule has 7 heteroatoms. The average Bonchev–Trinajstić information content (AvgIpc) is 2.58. The molecule has 0 aliphatic heterocycles. The highest BCUT2D eigenvalue weighted by Gasteiger charge is 2.15. The first-order valence-electron chi connectivity index (χ1n) is 8.37. The van der Waals surface area contributed by atoms with Crippen LogP contribution in [0.15, 0.2) is 54.4 Å². The molecule has 0 bridgehead atoms. The van der Waals surface area contributed by atoms with Crippen LogP contribution in [0.5, 0.6) is 0 Å². The minimum Gasteiger partial charge on any atom is -0.385 e. The minimum atomic E-state index is -0.474. The number of halogens is 2. The molecule has 6 N–H and O–H groups in total. The Labute approximate surface area is 156 Å². The fourth-order valence-corrected chi connectivity index (χ4v) is 2.69. The third-order valence-electron chi connectivity index (χ3n) is 3.91. The van der Waals surface area contributed by atoms with Crippen molar-refractivity contribution < 1.29 is 13.6 Å².